The normalized spacial score (nSPS) is 20.0. The number of benzene rings is 9. The van der Waals surface area contributed by atoms with Crippen LogP contribution in [0.4, 0.5) is 0 Å². The van der Waals surface area contributed by atoms with Gasteiger partial charge in [0.2, 0.25) is 0 Å². The Hall–Kier alpha value is -5.98. The van der Waals surface area contributed by atoms with Crippen LogP contribution in [0.25, 0.3) is 0 Å². The van der Waals surface area contributed by atoms with Crippen LogP contribution in [0, 0.1) is 11.8 Å². The van der Waals surface area contributed by atoms with Crippen molar-refractivity contribution in [3.63, 3.8) is 0 Å². The highest BCUT2D eigenvalue weighted by Gasteiger charge is 2.46. The third-order valence-corrected chi connectivity index (χ3v) is 22.9. The largest absolute Gasteiger partial charge is 0.388 e. The number of methoxy groups -OCH3 is 1. The van der Waals surface area contributed by atoms with Crippen LogP contribution in [-0.2, 0) is 94.8 Å². The van der Waals surface area contributed by atoms with Crippen LogP contribution in [0.2, 0.25) is 0 Å². The molecule has 500 valence electrons. The predicted octanol–water partition coefficient (Wildman–Crippen LogP) is 18.7. The van der Waals surface area contributed by atoms with Crippen LogP contribution in [0.5, 0.6) is 0 Å². The van der Waals surface area contributed by atoms with Gasteiger partial charge in [0, 0.05) is 30.3 Å². The first-order chi connectivity index (χ1) is 46.8. The molecule has 0 radical (unpaired) electrons. The maximum Gasteiger partial charge on any atom is 0.160 e. The standard InChI is InChI=1S/C40H42O4S2.C33H34O3S2.C9H18O2/c41-37(29-42-26-32-16-6-1-7-17-32)38(43-27-33-18-8-2-9-19-33)39(44-28-34-20-10-3-11-21-34)40(45-30-35-22-12-4-13-23-35)46-31-36-24-14-5-15-25-36;1-5-13-26(14-6-1)21-34-24-30-31(35-22-27-15-7-2-8-16-27)32(36-23-28-17-9-3-10-18-28)33(38-30)37-25-29-19-11-4-12-20-29;1-5-8-6(2)7(3)9(10-4)11-8/h1-25,37-41H,26-31H2;1-20,30-33H,21-25H2;6-9H,5H2,1-4H3/t;30-,31+,32?,33?;6-,7?,8+,9?/m.11/s1. The molecule has 2 saturated heterocycles. The fraction of sp³-hybridized carbons (Fsp3) is 0.341. The van der Waals surface area contributed by atoms with Gasteiger partial charge in [-0.2, -0.15) is 0 Å². The summed E-state index contributed by atoms with van der Waals surface area (Å²) in [6.45, 7) is 10.2. The highest BCUT2D eigenvalue weighted by Crippen LogP contribution is 2.46. The van der Waals surface area contributed by atoms with Gasteiger partial charge >= 0.3 is 0 Å². The third-order valence-electron chi connectivity index (χ3n) is 16.7. The molecule has 13 heteroatoms. The van der Waals surface area contributed by atoms with Crippen molar-refractivity contribution in [1.29, 1.82) is 0 Å². The van der Waals surface area contributed by atoms with Crippen molar-refractivity contribution in [2.45, 2.75) is 141 Å². The molecule has 0 saturated carbocycles. The second kappa shape index (κ2) is 42.0. The van der Waals surface area contributed by atoms with E-state index in [9.17, 15) is 5.11 Å². The molecule has 9 aromatic carbocycles. The van der Waals surface area contributed by atoms with E-state index in [0.29, 0.717) is 64.2 Å². The fourth-order valence-corrected chi connectivity index (χ4v) is 17.2. The maximum absolute atomic E-state index is 11.8. The van der Waals surface area contributed by atoms with E-state index in [1.54, 1.807) is 7.11 Å². The molecule has 2 fully saturated rings. The second-order valence-electron chi connectivity index (χ2n) is 23.8. The smallest absolute Gasteiger partial charge is 0.160 e. The molecule has 2 aliphatic heterocycles. The van der Waals surface area contributed by atoms with Gasteiger partial charge in [-0.25, -0.2) is 0 Å². The van der Waals surface area contributed by atoms with E-state index < -0.39 is 18.3 Å². The molecule has 0 amide bonds. The first-order valence-corrected chi connectivity index (χ1v) is 37.2. The number of hydrogen-bond acceptors (Lipinski definition) is 13. The molecule has 2 heterocycles. The highest BCUT2D eigenvalue weighted by atomic mass is 32.2. The third kappa shape index (κ3) is 25.1. The summed E-state index contributed by atoms with van der Waals surface area (Å²) < 4.78 is 50.1. The Morgan fingerprint density at radius 1 is 0.421 bits per heavy atom. The zero-order valence-electron chi connectivity index (χ0n) is 55.2. The molecule has 7 unspecified atom stereocenters. The van der Waals surface area contributed by atoms with Crippen molar-refractivity contribution in [3.05, 3.63) is 323 Å². The summed E-state index contributed by atoms with van der Waals surface area (Å²) in [5.74, 6) is 3.72. The Balaban J connectivity index is 0.000000194. The molecule has 11 atom stereocenters. The SMILES string of the molecule is CC[C@@H]1OC(OC)C(C)[C@H]1C.OC(COCc1ccccc1)C(OCc1ccccc1)C(OCc1ccccc1)C(SCc1ccccc1)SCc1ccccc1.c1ccc(COC[C@H]2SC(SCc3ccccc3)C(OCc3ccccc3)[C@H]2OCc2ccccc2)cc1. The summed E-state index contributed by atoms with van der Waals surface area (Å²) in [4.78, 5) is 0. The summed E-state index contributed by atoms with van der Waals surface area (Å²) in [7, 11) is 1.71. The van der Waals surface area contributed by atoms with E-state index in [0.717, 1.165) is 40.4 Å². The van der Waals surface area contributed by atoms with Crippen LogP contribution in [0.3, 0.4) is 0 Å². The molecule has 11 rings (SSSR count). The van der Waals surface area contributed by atoms with Crippen molar-refractivity contribution in [3.8, 4) is 0 Å². The molecule has 9 aromatic rings. The van der Waals surface area contributed by atoms with Gasteiger partial charge in [-0.15, -0.1) is 47.0 Å². The fourth-order valence-electron chi connectivity index (χ4n) is 11.2. The van der Waals surface area contributed by atoms with Crippen molar-refractivity contribution in [2.75, 3.05) is 20.3 Å². The molecular formula is C82H94O9S4. The van der Waals surface area contributed by atoms with Crippen LogP contribution in [0.15, 0.2) is 273 Å². The van der Waals surface area contributed by atoms with Crippen molar-refractivity contribution < 1.29 is 43.0 Å². The van der Waals surface area contributed by atoms with Gasteiger partial charge in [-0.1, -0.05) is 294 Å². The zero-order valence-corrected chi connectivity index (χ0v) is 58.5. The highest BCUT2D eigenvalue weighted by molar-refractivity contribution is 8.17. The molecule has 0 aliphatic carbocycles. The van der Waals surface area contributed by atoms with Gasteiger partial charge in [0.25, 0.3) is 0 Å². The Morgan fingerprint density at radius 3 is 1.17 bits per heavy atom. The topological polar surface area (TPSA) is 94.1 Å². The van der Waals surface area contributed by atoms with Gasteiger partial charge in [-0.3, -0.25) is 0 Å². The van der Waals surface area contributed by atoms with Crippen LogP contribution >= 0.6 is 47.0 Å². The average molecular weight is 1350 g/mol. The number of rotatable bonds is 34. The Kier molecular flexibility index (Phi) is 32.4. The minimum absolute atomic E-state index is 0.0231. The molecule has 0 spiro atoms. The van der Waals surface area contributed by atoms with Crippen molar-refractivity contribution >= 4 is 47.0 Å². The lowest BCUT2D eigenvalue weighted by Crippen LogP contribution is -2.47. The second-order valence-corrected chi connectivity index (χ2v) is 29.2. The molecule has 0 aromatic heterocycles. The lowest BCUT2D eigenvalue weighted by molar-refractivity contribution is -0.142. The lowest BCUT2D eigenvalue weighted by Gasteiger charge is -2.36. The van der Waals surface area contributed by atoms with E-state index >= 15 is 0 Å². The quantitative estimate of drug-likeness (QED) is 0.0388. The predicted molar refractivity (Wildman–Crippen MR) is 395 cm³/mol. The minimum Gasteiger partial charge on any atom is -0.388 e. The lowest BCUT2D eigenvalue weighted by atomic mass is 9.92. The Morgan fingerprint density at radius 2 is 0.779 bits per heavy atom. The van der Waals surface area contributed by atoms with Gasteiger partial charge in [-0.05, 0) is 62.4 Å². The van der Waals surface area contributed by atoms with Gasteiger partial charge in [0.05, 0.1) is 73.4 Å². The van der Waals surface area contributed by atoms with E-state index in [1.165, 1.54) is 33.4 Å². The number of aliphatic hydroxyl groups is 1. The van der Waals surface area contributed by atoms with Crippen LogP contribution in [-0.4, -0.2) is 82.8 Å². The summed E-state index contributed by atoms with van der Waals surface area (Å²) in [5, 5.41) is 12.0. The number of ether oxygens (including phenoxy) is 8. The number of aliphatic hydroxyl groups excluding tert-OH is 1. The molecule has 9 nitrogen and oxygen atoms in total. The number of hydrogen-bond donors (Lipinski definition) is 1. The monoisotopic (exact) mass is 1350 g/mol. The van der Waals surface area contributed by atoms with E-state index in [1.807, 2.05) is 156 Å². The molecule has 0 bridgehead atoms. The first-order valence-electron chi connectivity index (χ1n) is 33.1. The zero-order chi connectivity index (χ0) is 65.9. The molecule has 1 N–H and O–H groups in total. The van der Waals surface area contributed by atoms with E-state index in [4.69, 9.17) is 37.9 Å². The van der Waals surface area contributed by atoms with Crippen LogP contribution in [0.1, 0.15) is 77.3 Å². The summed E-state index contributed by atoms with van der Waals surface area (Å²) in [6, 6.07) is 93.1. The van der Waals surface area contributed by atoms with Crippen molar-refractivity contribution in [1.82, 2.24) is 0 Å². The van der Waals surface area contributed by atoms with Gasteiger partial charge in [0.15, 0.2) is 6.29 Å². The van der Waals surface area contributed by atoms with Gasteiger partial charge < -0.3 is 43.0 Å². The Labute approximate surface area is 582 Å². The molecular weight excluding hydrogens is 1260 g/mol. The van der Waals surface area contributed by atoms with Crippen molar-refractivity contribution in [2.24, 2.45) is 11.8 Å². The molecule has 95 heavy (non-hydrogen) atoms. The Bertz CT molecular complexity index is 3330. The molecule has 2 aliphatic rings. The van der Waals surface area contributed by atoms with E-state index in [2.05, 4.69) is 185 Å². The minimum atomic E-state index is -0.912. The van der Waals surface area contributed by atoms with Crippen LogP contribution < -0.4 is 0 Å². The first kappa shape index (κ1) is 73.3. The summed E-state index contributed by atoms with van der Waals surface area (Å²) in [6.07, 6.45) is -0.616. The summed E-state index contributed by atoms with van der Waals surface area (Å²) >= 11 is 7.54. The van der Waals surface area contributed by atoms with Gasteiger partial charge in [0.1, 0.15) is 30.5 Å². The summed E-state index contributed by atoms with van der Waals surface area (Å²) in [5.41, 5.74) is 10.5. The number of thioether (sulfide) groups is 4. The maximum atomic E-state index is 11.8. The average Bonchev–Trinajstić information content (AvgIpc) is 1.82. The van der Waals surface area contributed by atoms with E-state index in [-0.39, 0.29) is 39.5 Å².